The van der Waals surface area contributed by atoms with Gasteiger partial charge in [0.1, 0.15) is 5.82 Å². The number of H-pyrrole nitrogens is 1. The van der Waals surface area contributed by atoms with Crippen LogP contribution in [-0.4, -0.2) is 9.97 Å². The van der Waals surface area contributed by atoms with E-state index in [0.29, 0.717) is 10.0 Å². The monoisotopic (exact) mass is 269 g/mol. The third-order valence-corrected chi connectivity index (χ3v) is 3.17. The van der Waals surface area contributed by atoms with Crippen LogP contribution in [0.25, 0.3) is 11.3 Å². The second-order valence-corrected chi connectivity index (χ2v) is 4.66. The number of rotatable bonds is 3. The van der Waals surface area contributed by atoms with Crippen LogP contribution in [-0.2, 0) is 0 Å². The topological polar surface area (TPSA) is 54.7 Å². The third kappa shape index (κ3) is 2.63. The van der Waals surface area contributed by atoms with Crippen LogP contribution in [0.5, 0.6) is 0 Å². The minimum absolute atomic E-state index is 0.0818. The first-order valence-corrected chi connectivity index (χ1v) is 6.13. The van der Waals surface area contributed by atoms with E-state index < -0.39 is 0 Å². The third-order valence-electron chi connectivity index (χ3n) is 2.61. The number of nitrogens with two attached hydrogens (primary N) is 1. The Bertz CT molecular complexity index is 522. The van der Waals surface area contributed by atoms with E-state index in [-0.39, 0.29) is 6.04 Å². The standard InChI is InChI=1S/C12H13Cl2N3/c1-2-10(15)12-16-6-11(17-12)8-5-7(13)3-4-9(8)14/h3-6,10H,2,15H2,1H3,(H,16,17). The Morgan fingerprint density at radius 1 is 1.41 bits per heavy atom. The van der Waals surface area contributed by atoms with Gasteiger partial charge in [-0.05, 0) is 24.6 Å². The van der Waals surface area contributed by atoms with Crippen LogP contribution in [0.2, 0.25) is 10.0 Å². The fourth-order valence-electron chi connectivity index (χ4n) is 1.56. The number of hydrogen-bond acceptors (Lipinski definition) is 2. The molecule has 0 fully saturated rings. The molecule has 0 radical (unpaired) electrons. The highest BCUT2D eigenvalue weighted by molar-refractivity contribution is 6.35. The first-order valence-electron chi connectivity index (χ1n) is 5.37. The van der Waals surface area contributed by atoms with Crippen molar-refractivity contribution >= 4 is 23.2 Å². The van der Waals surface area contributed by atoms with Gasteiger partial charge in [0, 0.05) is 10.6 Å². The van der Waals surface area contributed by atoms with Crippen molar-refractivity contribution < 1.29 is 0 Å². The fourth-order valence-corrected chi connectivity index (χ4v) is 1.95. The lowest BCUT2D eigenvalue weighted by Crippen LogP contribution is -2.10. The van der Waals surface area contributed by atoms with Gasteiger partial charge < -0.3 is 10.7 Å². The SMILES string of the molecule is CCC(N)c1ncc(-c2cc(Cl)ccc2Cl)[nH]1. The molecule has 0 aliphatic rings. The summed E-state index contributed by atoms with van der Waals surface area (Å²) in [5.74, 6) is 0.763. The molecule has 0 saturated carbocycles. The molecule has 90 valence electrons. The summed E-state index contributed by atoms with van der Waals surface area (Å²) in [6.07, 6.45) is 2.55. The molecule has 1 unspecified atom stereocenters. The van der Waals surface area contributed by atoms with Crippen LogP contribution < -0.4 is 5.73 Å². The summed E-state index contributed by atoms with van der Waals surface area (Å²) in [6, 6.07) is 5.24. The summed E-state index contributed by atoms with van der Waals surface area (Å²) in [7, 11) is 0. The molecule has 5 heteroatoms. The van der Waals surface area contributed by atoms with Gasteiger partial charge in [-0.1, -0.05) is 30.1 Å². The lowest BCUT2D eigenvalue weighted by molar-refractivity contribution is 0.658. The molecule has 0 bridgehead atoms. The van der Waals surface area contributed by atoms with Crippen molar-refractivity contribution in [1.29, 1.82) is 0 Å². The number of nitrogens with zero attached hydrogens (tertiary/aromatic N) is 1. The van der Waals surface area contributed by atoms with E-state index in [1.54, 1.807) is 24.4 Å². The number of aromatic nitrogens is 2. The average Bonchev–Trinajstić information content (AvgIpc) is 2.80. The maximum absolute atomic E-state index is 6.12. The molecular formula is C12H13Cl2N3. The summed E-state index contributed by atoms with van der Waals surface area (Å²) in [6.45, 7) is 2.01. The maximum atomic E-state index is 6.12. The zero-order valence-corrected chi connectivity index (χ0v) is 10.9. The normalized spacial score (nSPS) is 12.7. The predicted molar refractivity (Wildman–Crippen MR) is 71.3 cm³/mol. The van der Waals surface area contributed by atoms with Crippen LogP contribution >= 0.6 is 23.2 Å². The Labute approximate surface area is 110 Å². The number of hydrogen-bond donors (Lipinski definition) is 2. The van der Waals surface area contributed by atoms with E-state index in [1.165, 1.54) is 0 Å². The number of benzene rings is 1. The molecule has 3 nitrogen and oxygen atoms in total. The van der Waals surface area contributed by atoms with Gasteiger partial charge in [-0.15, -0.1) is 0 Å². The number of halogens is 2. The van der Waals surface area contributed by atoms with Crippen molar-refractivity contribution in [2.45, 2.75) is 19.4 Å². The van der Waals surface area contributed by atoms with E-state index in [2.05, 4.69) is 9.97 Å². The van der Waals surface area contributed by atoms with Crippen molar-refractivity contribution in [2.75, 3.05) is 0 Å². The summed E-state index contributed by atoms with van der Waals surface area (Å²) in [5.41, 5.74) is 7.57. The van der Waals surface area contributed by atoms with Crippen LogP contribution in [0.15, 0.2) is 24.4 Å². The zero-order valence-electron chi connectivity index (χ0n) is 9.37. The molecule has 3 N–H and O–H groups in total. The highest BCUT2D eigenvalue weighted by Gasteiger charge is 2.11. The number of nitrogens with one attached hydrogen (secondary N) is 1. The molecule has 1 aromatic carbocycles. The molecule has 1 atom stereocenters. The van der Waals surface area contributed by atoms with Crippen molar-refractivity contribution in [3.05, 3.63) is 40.3 Å². The largest absolute Gasteiger partial charge is 0.341 e. The van der Waals surface area contributed by atoms with Crippen LogP contribution in [0.4, 0.5) is 0 Å². The Balaban J connectivity index is 2.40. The molecular weight excluding hydrogens is 257 g/mol. The van der Waals surface area contributed by atoms with E-state index in [1.807, 2.05) is 6.92 Å². The Morgan fingerprint density at radius 2 is 2.18 bits per heavy atom. The van der Waals surface area contributed by atoms with Gasteiger partial charge in [0.05, 0.1) is 23.0 Å². The molecule has 0 spiro atoms. The predicted octanol–water partition coefficient (Wildman–Crippen LogP) is 3.79. The van der Waals surface area contributed by atoms with E-state index in [0.717, 1.165) is 23.5 Å². The Hall–Kier alpha value is -1.03. The Morgan fingerprint density at radius 3 is 2.88 bits per heavy atom. The summed E-state index contributed by atoms with van der Waals surface area (Å²) in [5, 5.41) is 1.27. The van der Waals surface area contributed by atoms with Crippen LogP contribution in [0.3, 0.4) is 0 Å². The van der Waals surface area contributed by atoms with Crippen molar-refractivity contribution in [1.82, 2.24) is 9.97 Å². The highest BCUT2D eigenvalue weighted by Crippen LogP contribution is 2.29. The fraction of sp³-hybridized carbons (Fsp3) is 0.250. The van der Waals surface area contributed by atoms with Gasteiger partial charge in [0.15, 0.2) is 0 Å². The van der Waals surface area contributed by atoms with Gasteiger partial charge in [-0.25, -0.2) is 4.98 Å². The van der Waals surface area contributed by atoms with Gasteiger partial charge in [0.25, 0.3) is 0 Å². The molecule has 0 aliphatic carbocycles. The highest BCUT2D eigenvalue weighted by atomic mass is 35.5. The number of aromatic amines is 1. The molecule has 0 saturated heterocycles. The molecule has 1 aromatic heterocycles. The van der Waals surface area contributed by atoms with E-state index in [4.69, 9.17) is 28.9 Å². The molecule has 17 heavy (non-hydrogen) atoms. The summed E-state index contributed by atoms with van der Waals surface area (Å²) < 4.78 is 0. The second-order valence-electron chi connectivity index (χ2n) is 3.82. The summed E-state index contributed by atoms with van der Waals surface area (Å²) in [4.78, 5) is 7.42. The lowest BCUT2D eigenvalue weighted by atomic mass is 10.2. The van der Waals surface area contributed by atoms with Gasteiger partial charge in [-0.2, -0.15) is 0 Å². The smallest absolute Gasteiger partial charge is 0.123 e. The van der Waals surface area contributed by atoms with Crippen LogP contribution in [0, 0.1) is 0 Å². The molecule has 1 heterocycles. The van der Waals surface area contributed by atoms with Gasteiger partial charge in [0.2, 0.25) is 0 Å². The Kier molecular flexibility index (Phi) is 3.72. The van der Waals surface area contributed by atoms with Crippen molar-refractivity contribution in [3.8, 4) is 11.3 Å². The first-order chi connectivity index (χ1) is 8.11. The molecule has 2 aromatic rings. The maximum Gasteiger partial charge on any atom is 0.123 e. The number of imidazole rings is 1. The van der Waals surface area contributed by atoms with Crippen molar-refractivity contribution in [3.63, 3.8) is 0 Å². The quantitative estimate of drug-likeness (QED) is 0.891. The summed E-state index contributed by atoms with van der Waals surface area (Å²) >= 11 is 12.1. The van der Waals surface area contributed by atoms with Crippen LogP contribution in [0.1, 0.15) is 25.2 Å². The van der Waals surface area contributed by atoms with E-state index >= 15 is 0 Å². The molecule has 2 rings (SSSR count). The minimum Gasteiger partial charge on any atom is -0.341 e. The van der Waals surface area contributed by atoms with Crippen molar-refractivity contribution in [2.24, 2.45) is 5.73 Å². The molecule has 0 aliphatic heterocycles. The first kappa shape index (κ1) is 12.4. The minimum atomic E-state index is -0.0818. The van der Waals surface area contributed by atoms with E-state index in [9.17, 15) is 0 Å². The second kappa shape index (κ2) is 5.08. The lowest BCUT2D eigenvalue weighted by Gasteiger charge is -2.04. The average molecular weight is 270 g/mol. The zero-order chi connectivity index (χ0) is 12.4. The molecule has 0 amide bonds. The van der Waals surface area contributed by atoms with Gasteiger partial charge >= 0.3 is 0 Å². The van der Waals surface area contributed by atoms with Gasteiger partial charge in [-0.3, -0.25) is 0 Å².